The molecule has 0 spiro atoms. The van der Waals surface area contributed by atoms with Gasteiger partial charge in [-0.15, -0.1) is 0 Å². The fourth-order valence-electron chi connectivity index (χ4n) is 3.74. The van der Waals surface area contributed by atoms with Crippen LogP contribution in [0.5, 0.6) is 5.75 Å². The van der Waals surface area contributed by atoms with E-state index in [-0.39, 0.29) is 25.0 Å². The Morgan fingerprint density at radius 2 is 1.67 bits per heavy atom. The highest BCUT2D eigenvalue weighted by Gasteiger charge is 2.30. The van der Waals surface area contributed by atoms with E-state index < -0.39 is 6.04 Å². The fraction of sp³-hybridized carbons (Fsp3) is 0.310. The zero-order valence-electron chi connectivity index (χ0n) is 20.8. The highest BCUT2D eigenvalue weighted by Crippen LogP contribution is 2.22. The molecule has 0 fully saturated rings. The van der Waals surface area contributed by atoms with Gasteiger partial charge in [0, 0.05) is 28.5 Å². The molecule has 0 aliphatic carbocycles. The van der Waals surface area contributed by atoms with Crippen molar-refractivity contribution in [2.75, 3.05) is 13.2 Å². The third-order valence-electron chi connectivity index (χ3n) is 5.69. The van der Waals surface area contributed by atoms with Crippen molar-refractivity contribution in [3.8, 4) is 5.75 Å². The second-order valence-corrected chi connectivity index (χ2v) is 11.0. The van der Waals surface area contributed by atoms with Crippen LogP contribution in [-0.4, -0.2) is 35.9 Å². The maximum absolute atomic E-state index is 13.6. The van der Waals surface area contributed by atoms with E-state index in [0.717, 1.165) is 25.6 Å². The van der Waals surface area contributed by atoms with Crippen LogP contribution in [0.3, 0.4) is 0 Å². The monoisotopic (exact) mass is 614 g/mol. The Labute approximate surface area is 230 Å². The van der Waals surface area contributed by atoms with Gasteiger partial charge in [0.05, 0.1) is 0 Å². The molecule has 1 unspecified atom stereocenters. The summed E-state index contributed by atoms with van der Waals surface area (Å²) in [6.45, 7) is 6.71. The largest absolute Gasteiger partial charge is 0.484 e. The van der Waals surface area contributed by atoms with Crippen molar-refractivity contribution in [1.82, 2.24) is 10.2 Å². The Morgan fingerprint density at radius 1 is 0.944 bits per heavy atom. The summed E-state index contributed by atoms with van der Waals surface area (Å²) in [4.78, 5) is 28.7. The van der Waals surface area contributed by atoms with Gasteiger partial charge in [-0.2, -0.15) is 0 Å². The van der Waals surface area contributed by atoms with E-state index in [2.05, 4.69) is 37.2 Å². The van der Waals surface area contributed by atoms with E-state index in [9.17, 15) is 9.59 Å². The molecule has 0 aromatic heterocycles. The highest BCUT2D eigenvalue weighted by molar-refractivity contribution is 9.10. The van der Waals surface area contributed by atoms with Gasteiger partial charge in [-0.25, -0.2) is 0 Å². The zero-order valence-corrected chi connectivity index (χ0v) is 24.0. The quantitative estimate of drug-likeness (QED) is 0.275. The SMILES string of the molecule is Cc1cc(OCC(=O)N(Cc2cccc(Br)c2)C(Cc2ccccc2)C(=O)NCC(C)C)ccc1Br. The minimum atomic E-state index is -0.687. The molecule has 3 aromatic carbocycles. The van der Waals surface area contributed by atoms with Crippen molar-refractivity contribution in [1.29, 1.82) is 0 Å². The summed E-state index contributed by atoms with van der Waals surface area (Å²) in [5, 5.41) is 3.03. The van der Waals surface area contributed by atoms with Crippen molar-refractivity contribution in [2.24, 2.45) is 5.92 Å². The lowest BCUT2D eigenvalue weighted by molar-refractivity contribution is -0.142. The van der Waals surface area contributed by atoms with Crippen molar-refractivity contribution in [3.63, 3.8) is 0 Å². The third-order valence-corrected chi connectivity index (χ3v) is 7.07. The van der Waals surface area contributed by atoms with Gasteiger partial charge in [-0.3, -0.25) is 9.59 Å². The molecule has 0 heterocycles. The van der Waals surface area contributed by atoms with E-state index in [0.29, 0.717) is 24.6 Å². The lowest BCUT2D eigenvalue weighted by Gasteiger charge is -2.31. The highest BCUT2D eigenvalue weighted by atomic mass is 79.9. The first-order valence-electron chi connectivity index (χ1n) is 12.0. The number of hydrogen-bond acceptors (Lipinski definition) is 3. The first-order chi connectivity index (χ1) is 17.2. The lowest BCUT2D eigenvalue weighted by Crippen LogP contribution is -2.52. The fourth-order valence-corrected chi connectivity index (χ4v) is 4.44. The average molecular weight is 616 g/mol. The smallest absolute Gasteiger partial charge is 0.261 e. The Kier molecular flexibility index (Phi) is 10.6. The van der Waals surface area contributed by atoms with Crippen LogP contribution in [0.2, 0.25) is 0 Å². The van der Waals surface area contributed by atoms with Crippen molar-refractivity contribution < 1.29 is 14.3 Å². The van der Waals surface area contributed by atoms with Crippen molar-refractivity contribution in [3.05, 3.63) is 98.4 Å². The molecule has 5 nitrogen and oxygen atoms in total. The van der Waals surface area contributed by atoms with E-state index in [4.69, 9.17) is 4.74 Å². The molecule has 1 atom stereocenters. The summed E-state index contributed by atoms with van der Waals surface area (Å²) in [6.07, 6.45) is 0.405. The van der Waals surface area contributed by atoms with Gasteiger partial charge in [0.1, 0.15) is 11.8 Å². The van der Waals surface area contributed by atoms with Crippen LogP contribution in [0.15, 0.2) is 81.7 Å². The average Bonchev–Trinajstić information content (AvgIpc) is 2.86. The number of carbonyl (C=O) groups excluding carboxylic acids is 2. The molecule has 0 aliphatic rings. The van der Waals surface area contributed by atoms with E-state index in [1.165, 1.54) is 0 Å². The normalized spacial score (nSPS) is 11.7. The number of nitrogens with one attached hydrogen (secondary N) is 1. The molecule has 3 rings (SSSR count). The minimum absolute atomic E-state index is 0.169. The topological polar surface area (TPSA) is 58.6 Å². The summed E-state index contributed by atoms with van der Waals surface area (Å²) < 4.78 is 7.76. The molecule has 2 amide bonds. The molecule has 7 heteroatoms. The van der Waals surface area contributed by atoms with Gasteiger partial charge in [0.15, 0.2) is 6.61 Å². The van der Waals surface area contributed by atoms with Crippen LogP contribution in [0.4, 0.5) is 0 Å². The number of amides is 2. The van der Waals surface area contributed by atoms with Gasteiger partial charge in [-0.05, 0) is 59.9 Å². The van der Waals surface area contributed by atoms with E-state index >= 15 is 0 Å². The summed E-state index contributed by atoms with van der Waals surface area (Å²) in [5.41, 5.74) is 2.92. The van der Waals surface area contributed by atoms with Gasteiger partial charge in [0.2, 0.25) is 5.91 Å². The molecule has 0 saturated heterocycles. The van der Waals surface area contributed by atoms with Crippen LogP contribution in [-0.2, 0) is 22.6 Å². The Bertz CT molecular complexity index is 1170. The third kappa shape index (κ3) is 8.49. The standard InChI is InChI=1S/C29H32Br2N2O3/c1-20(2)17-32-29(35)27(16-22-8-5-4-6-9-22)33(18-23-10-7-11-24(30)15-23)28(34)19-36-25-12-13-26(31)21(3)14-25/h4-15,20,27H,16-19H2,1-3H3,(H,32,35). The van der Waals surface area contributed by atoms with E-state index in [1.54, 1.807) is 4.90 Å². The van der Waals surface area contributed by atoms with Gasteiger partial charge < -0.3 is 15.0 Å². The molecule has 0 saturated carbocycles. The van der Waals surface area contributed by atoms with Crippen LogP contribution >= 0.6 is 31.9 Å². The van der Waals surface area contributed by atoms with Crippen molar-refractivity contribution >= 4 is 43.7 Å². The second kappa shape index (κ2) is 13.6. The van der Waals surface area contributed by atoms with Gasteiger partial charge in [-0.1, -0.05) is 88.2 Å². The number of halogens is 2. The summed E-state index contributed by atoms with van der Waals surface area (Å²) in [6, 6.07) is 22.5. The van der Waals surface area contributed by atoms with E-state index in [1.807, 2.05) is 93.6 Å². The van der Waals surface area contributed by atoms with Crippen LogP contribution in [0.1, 0.15) is 30.5 Å². The van der Waals surface area contributed by atoms with Crippen LogP contribution in [0.25, 0.3) is 0 Å². The Morgan fingerprint density at radius 3 is 2.33 bits per heavy atom. The number of hydrogen-bond donors (Lipinski definition) is 1. The second-order valence-electron chi connectivity index (χ2n) is 9.20. The molecule has 3 aromatic rings. The number of rotatable bonds is 11. The maximum atomic E-state index is 13.6. The van der Waals surface area contributed by atoms with Gasteiger partial charge in [0.25, 0.3) is 5.91 Å². The Hall–Kier alpha value is -2.64. The predicted molar refractivity (Wildman–Crippen MR) is 151 cm³/mol. The molecule has 0 radical (unpaired) electrons. The molecular formula is C29H32Br2N2O3. The molecular weight excluding hydrogens is 584 g/mol. The van der Waals surface area contributed by atoms with Crippen LogP contribution < -0.4 is 10.1 Å². The maximum Gasteiger partial charge on any atom is 0.261 e. The lowest BCUT2D eigenvalue weighted by atomic mass is 10.0. The Balaban J connectivity index is 1.90. The molecule has 0 aliphatic heterocycles. The first kappa shape index (κ1) is 27.9. The zero-order chi connectivity index (χ0) is 26.1. The number of aryl methyl sites for hydroxylation is 1. The first-order valence-corrected chi connectivity index (χ1v) is 13.6. The molecule has 36 heavy (non-hydrogen) atoms. The molecule has 1 N–H and O–H groups in total. The summed E-state index contributed by atoms with van der Waals surface area (Å²) >= 11 is 7.00. The predicted octanol–water partition coefficient (Wildman–Crippen LogP) is 6.31. The molecule has 190 valence electrons. The molecule has 0 bridgehead atoms. The number of nitrogens with zero attached hydrogens (tertiary/aromatic N) is 1. The summed E-state index contributed by atoms with van der Waals surface area (Å²) in [7, 11) is 0. The number of ether oxygens (including phenoxy) is 1. The van der Waals surface area contributed by atoms with Crippen molar-refractivity contribution in [2.45, 2.75) is 39.8 Å². The van der Waals surface area contributed by atoms with Crippen LogP contribution in [0, 0.1) is 12.8 Å². The summed E-state index contributed by atoms with van der Waals surface area (Å²) in [5.74, 6) is 0.478. The number of carbonyl (C=O) groups is 2. The number of benzene rings is 3. The van der Waals surface area contributed by atoms with Gasteiger partial charge >= 0.3 is 0 Å². The minimum Gasteiger partial charge on any atom is -0.484 e.